The molecule has 1 saturated carbocycles. The summed E-state index contributed by atoms with van der Waals surface area (Å²) in [5, 5.41) is 10.7. The molecule has 1 fully saturated rings. The molecular formula is C15H22O3. The Kier molecular flexibility index (Phi) is 4.25. The van der Waals surface area contributed by atoms with Gasteiger partial charge in [-0.15, -0.1) is 0 Å². The van der Waals surface area contributed by atoms with Crippen molar-refractivity contribution in [3.8, 4) is 5.75 Å². The SMILES string of the molecule is COc1ccccc1C(O)C1(OC)CCCCC1. The van der Waals surface area contributed by atoms with Gasteiger partial charge < -0.3 is 14.6 Å². The van der Waals surface area contributed by atoms with Crippen molar-refractivity contribution in [3.63, 3.8) is 0 Å². The molecule has 1 aromatic carbocycles. The van der Waals surface area contributed by atoms with Crippen LogP contribution >= 0.6 is 0 Å². The van der Waals surface area contributed by atoms with Gasteiger partial charge in [0, 0.05) is 12.7 Å². The highest BCUT2D eigenvalue weighted by atomic mass is 16.5. The van der Waals surface area contributed by atoms with Gasteiger partial charge in [-0.2, -0.15) is 0 Å². The average molecular weight is 250 g/mol. The molecule has 1 aliphatic rings. The Bertz CT molecular complexity index is 383. The van der Waals surface area contributed by atoms with Crippen LogP contribution in [0.15, 0.2) is 24.3 Å². The number of aliphatic hydroxyl groups excluding tert-OH is 1. The van der Waals surface area contributed by atoms with Crippen LogP contribution in [-0.4, -0.2) is 24.9 Å². The molecule has 2 rings (SSSR count). The lowest BCUT2D eigenvalue weighted by molar-refractivity contribution is -0.125. The summed E-state index contributed by atoms with van der Waals surface area (Å²) in [5.74, 6) is 0.729. The Morgan fingerprint density at radius 2 is 1.78 bits per heavy atom. The van der Waals surface area contributed by atoms with E-state index in [1.807, 2.05) is 24.3 Å². The van der Waals surface area contributed by atoms with Crippen LogP contribution in [-0.2, 0) is 4.74 Å². The summed E-state index contributed by atoms with van der Waals surface area (Å²) in [6, 6.07) is 7.63. The molecule has 0 spiro atoms. The number of hydrogen-bond acceptors (Lipinski definition) is 3. The van der Waals surface area contributed by atoms with E-state index in [4.69, 9.17) is 9.47 Å². The fourth-order valence-electron chi connectivity index (χ4n) is 2.92. The van der Waals surface area contributed by atoms with Crippen LogP contribution < -0.4 is 4.74 Å². The van der Waals surface area contributed by atoms with E-state index in [0.717, 1.165) is 37.0 Å². The summed E-state index contributed by atoms with van der Waals surface area (Å²) in [6.07, 6.45) is 4.63. The molecule has 100 valence electrons. The summed E-state index contributed by atoms with van der Waals surface area (Å²) >= 11 is 0. The summed E-state index contributed by atoms with van der Waals surface area (Å²) < 4.78 is 11.0. The first kappa shape index (κ1) is 13.4. The van der Waals surface area contributed by atoms with Crippen molar-refractivity contribution in [1.82, 2.24) is 0 Å². The van der Waals surface area contributed by atoms with Crippen LogP contribution in [0.4, 0.5) is 0 Å². The van der Waals surface area contributed by atoms with Gasteiger partial charge in [0.1, 0.15) is 11.9 Å². The van der Waals surface area contributed by atoms with E-state index in [9.17, 15) is 5.11 Å². The Labute approximate surface area is 109 Å². The van der Waals surface area contributed by atoms with Crippen LogP contribution in [0, 0.1) is 0 Å². The molecule has 1 unspecified atom stereocenters. The van der Waals surface area contributed by atoms with Crippen LogP contribution in [0.25, 0.3) is 0 Å². The first-order valence-electron chi connectivity index (χ1n) is 6.59. The highest BCUT2D eigenvalue weighted by molar-refractivity contribution is 5.36. The molecule has 0 aliphatic heterocycles. The van der Waals surface area contributed by atoms with Crippen molar-refractivity contribution in [1.29, 1.82) is 0 Å². The maximum absolute atomic E-state index is 10.7. The predicted molar refractivity (Wildman–Crippen MR) is 70.8 cm³/mol. The van der Waals surface area contributed by atoms with E-state index in [1.165, 1.54) is 6.42 Å². The van der Waals surface area contributed by atoms with Crippen molar-refractivity contribution in [2.24, 2.45) is 0 Å². The molecule has 1 N–H and O–H groups in total. The summed E-state index contributed by atoms with van der Waals surface area (Å²) in [4.78, 5) is 0. The lowest BCUT2D eigenvalue weighted by Gasteiger charge is -2.40. The highest BCUT2D eigenvalue weighted by Crippen LogP contribution is 2.43. The van der Waals surface area contributed by atoms with Crippen molar-refractivity contribution >= 4 is 0 Å². The van der Waals surface area contributed by atoms with Gasteiger partial charge >= 0.3 is 0 Å². The topological polar surface area (TPSA) is 38.7 Å². The van der Waals surface area contributed by atoms with Crippen LogP contribution in [0.5, 0.6) is 5.75 Å². The Hall–Kier alpha value is -1.06. The molecule has 0 bridgehead atoms. The third-order valence-corrected chi connectivity index (χ3v) is 4.04. The number of rotatable bonds is 4. The third-order valence-electron chi connectivity index (χ3n) is 4.04. The Balaban J connectivity index is 2.30. The van der Waals surface area contributed by atoms with Crippen molar-refractivity contribution in [2.75, 3.05) is 14.2 Å². The number of para-hydroxylation sites is 1. The molecule has 0 heterocycles. The van der Waals surface area contributed by atoms with Gasteiger partial charge in [-0.3, -0.25) is 0 Å². The zero-order valence-corrected chi connectivity index (χ0v) is 11.2. The van der Waals surface area contributed by atoms with Gasteiger partial charge in [0.15, 0.2) is 0 Å². The fourth-order valence-corrected chi connectivity index (χ4v) is 2.92. The van der Waals surface area contributed by atoms with Gasteiger partial charge in [0.25, 0.3) is 0 Å². The van der Waals surface area contributed by atoms with E-state index in [-0.39, 0.29) is 0 Å². The minimum Gasteiger partial charge on any atom is -0.496 e. The predicted octanol–water partition coefficient (Wildman–Crippen LogP) is 3.08. The van der Waals surface area contributed by atoms with Crippen LogP contribution in [0.1, 0.15) is 43.8 Å². The molecule has 1 aromatic rings. The third kappa shape index (κ3) is 2.38. The van der Waals surface area contributed by atoms with E-state index < -0.39 is 11.7 Å². The Morgan fingerprint density at radius 3 is 2.39 bits per heavy atom. The number of aliphatic hydroxyl groups is 1. The van der Waals surface area contributed by atoms with Crippen molar-refractivity contribution < 1.29 is 14.6 Å². The molecule has 0 saturated heterocycles. The summed E-state index contributed by atoms with van der Waals surface area (Å²) in [5.41, 5.74) is 0.371. The highest BCUT2D eigenvalue weighted by Gasteiger charge is 2.41. The molecule has 0 radical (unpaired) electrons. The smallest absolute Gasteiger partial charge is 0.124 e. The maximum Gasteiger partial charge on any atom is 0.124 e. The first-order chi connectivity index (χ1) is 8.73. The molecule has 0 aromatic heterocycles. The number of ether oxygens (including phenoxy) is 2. The zero-order valence-electron chi connectivity index (χ0n) is 11.2. The quantitative estimate of drug-likeness (QED) is 0.892. The second-order valence-electron chi connectivity index (χ2n) is 4.97. The molecule has 0 amide bonds. The molecule has 1 atom stereocenters. The second-order valence-corrected chi connectivity index (χ2v) is 4.97. The lowest BCUT2D eigenvalue weighted by atomic mass is 9.78. The van der Waals surface area contributed by atoms with Gasteiger partial charge in [-0.05, 0) is 18.9 Å². The van der Waals surface area contributed by atoms with Crippen molar-refractivity contribution in [2.45, 2.75) is 43.8 Å². The summed E-state index contributed by atoms with van der Waals surface area (Å²) in [6.45, 7) is 0. The van der Waals surface area contributed by atoms with E-state index >= 15 is 0 Å². The standard InChI is InChI=1S/C15H22O3/c1-17-13-9-5-4-8-12(13)14(16)15(18-2)10-6-3-7-11-15/h4-5,8-9,14,16H,3,6-7,10-11H2,1-2H3. The molecule has 18 heavy (non-hydrogen) atoms. The molecule has 1 aliphatic carbocycles. The van der Waals surface area contributed by atoms with E-state index in [2.05, 4.69) is 0 Å². The molecular weight excluding hydrogens is 228 g/mol. The fraction of sp³-hybridized carbons (Fsp3) is 0.600. The van der Waals surface area contributed by atoms with Crippen molar-refractivity contribution in [3.05, 3.63) is 29.8 Å². The molecule has 3 heteroatoms. The van der Waals surface area contributed by atoms with Gasteiger partial charge in [0.05, 0.1) is 12.7 Å². The minimum atomic E-state index is -0.626. The maximum atomic E-state index is 10.7. The van der Waals surface area contributed by atoms with Crippen LogP contribution in [0.2, 0.25) is 0 Å². The number of methoxy groups -OCH3 is 2. The lowest BCUT2D eigenvalue weighted by Crippen LogP contribution is -2.40. The monoisotopic (exact) mass is 250 g/mol. The molecule has 3 nitrogen and oxygen atoms in total. The van der Waals surface area contributed by atoms with E-state index in [1.54, 1.807) is 14.2 Å². The summed E-state index contributed by atoms with van der Waals surface area (Å²) in [7, 11) is 3.33. The normalized spacial score (nSPS) is 20.4. The second kappa shape index (κ2) is 5.72. The minimum absolute atomic E-state index is 0.452. The first-order valence-corrected chi connectivity index (χ1v) is 6.59. The van der Waals surface area contributed by atoms with Gasteiger partial charge in [0.2, 0.25) is 0 Å². The average Bonchev–Trinajstić information content (AvgIpc) is 2.47. The number of hydrogen-bond donors (Lipinski definition) is 1. The van der Waals surface area contributed by atoms with E-state index in [0.29, 0.717) is 0 Å². The van der Waals surface area contributed by atoms with Crippen LogP contribution in [0.3, 0.4) is 0 Å². The largest absolute Gasteiger partial charge is 0.496 e. The number of benzene rings is 1. The zero-order chi connectivity index (χ0) is 13.0. The Morgan fingerprint density at radius 1 is 1.11 bits per heavy atom. The van der Waals surface area contributed by atoms with Gasteiger partial charge in [-0.25, -0.2) is 0 Å². The van der Waals surface area contributed by atoms with Gasteiger partial charge in [-0.1, -0.05) is 37.5 Å².